The molecule has 0 atom stereocenters. The average Bonchev–Trinajstić information content (AvgIpc) is 2.60. The Labute approximate surface area is 180 Å². The van der Waals surface area contributed by atoms with Gasteiger partial charge in [0.05, 0.1) is 12.6 Å². The van der Waals surface area contributed by atoms with Gasteiger partial charge in [0.2, 0.25) is 0 Å². The van der Waals surface area contributed by atoms with Crippen molar-refractivity contribution in [2.75, 3.05) is 6.61 Å². The van der Waals surface area contributed by atoms with E-state index >= 15 is 0 Å². The summed E-state index contributed by atoms with van der Waals surface area (Å²) >= 11 is 17.5. The molecule has 156 valence electrons. The fraction of sp³-hybridized carbons (Fsp3) is 0.474. The zero-order chi connectivity index (χ0) is 21.0. The molecule has 0 heterocycles. The number of rotatable bonds is 13. The monoisotopic (exact) mass is 465 g/mol. The number of hydrogen-bond donors (Lipinski definition) is 0. The quantitative estimate of drug-likeness (QED) is 0.105. The van der Waals surface area contributed by atoms with Gasteiger partial charge < -0.3 is 19.4 Å². The number of carbonyl (C=O) groups excluding carboxylic acids is 2. The van der Waals surface area contributed by atoms with Crippen LogP contribution in [-0.2, 0) is 9.59 Å². The fourth-order valence-corrected chi connectivity index (χ4v) is 4.12. The summed E-state index contributed by atoms with van der Waals surface area (Å²) in [6, 6.07) is 2.85. The third-order valence-corrected chi connectivity index (χ3v) is 6.32. The topological polar surface area (TPSA) is 75.7 Å². The molecule has 9 heteroatoms. The lowest BCUT2D eigenvalue weighted by molar-refractivity contribution is -0.297. The molecule has 0 aromatic heterocycles. The molecule has 1 aromatic rings. The van der Waals surface area contributed by atoms with E-state index in [1.165, 1.54) is 6.08 Å². The van der Waals surface area contributed by atoms with Gasteiger partial charge in [-0.2, -0.15) is 0 Å². The highest BCUT2D eigenvalue weighted by molar-refractivity contribution is 7.64. The van der Waals surface area contributed by atoms with Crippen LogP contribution in [0.3, 0.4) is 0 Å². The molecule has 0 saturated carbocycles. The Hall–Kier alpha value is -1.21. The van der Waals surface area contributed by atoms with Crippen molar-refractivity contribution in [2.45, 2.75) is 51.5 Å². The fourth-order valence-electron chi connectivity index (χ4n) is 2.26. The Balaban J connectivity index is 2.68. The number of esters is 1. The molecule has 0 aliphatic rings. The lowest BCUT2D eigenvalue weighted by atomic mass is 10.2. The van der Waals surface area contributed by atoms with E-state index in [4.69, 9.17) is 42.7 Å². The van der Waals surface area contributed by atoms with Crippen molar-refractivity contribution in [3.05, 3.63) is 29.8 Å². The predicted molar refractivity (Wildman–Crippen MR) is 113 cm³/mol. The first-order valence-corrected chi connectivity index (χ1v) is 14.4. The summed E-state index contributed by atoms with van der Waals surface area (Å²) in [5, 5.41) is 10.6. The van der Waals surface area contributed by atoms with Crippen molar-refractivity contribution in [3.8, 4) is 11.5 Å². The Kier molecular flexibility index (Phi) is 11.6. The van der Waals surface area contributed by atoms with E-state index in [0.29, 0.717) is 30.4 Å². The first-order chi connectivity index (χ1) is 13.2. The number of hydrogen-bond acceptors (Lipinski definition) is 5. The average molecular weight is 467 g/mol. The van der Waals surface area contributed by atoms with Crippen LogP contribution in [0.2, 0.25) is 6.04 Å². The second kappa shape index (κ2) is 13.1. The molecule has 0 radical (unpaired) electrons. The normalized spacial score (nSPS) is 11.6. The van der Waals surface area contributed by atoms with Crippen molar-refractivity contribution in [3.63, 3.8) is 0 Å². The van der Waals surface area contributed by atoms with Crippen molar-refractivity contribution < 1.29 is 24.2 Å². The first kappa shape index (κ1) is 24.8. The van der Waals surface area contributed by atoms with Crippen LogP contribution in [-0.4, -0.2) is 24.5 Å². The highest BCUT2D eigenvalue weighted by Crippen LogP contribution is 2.30. The van der Waals surface area contributed by atoms with Gasteiger partial charge in [-0.05, 0) is 42.7 Å². The van der Waals surface area contributed by atoms with Crippen molar-refractivity contribution >= 4 is 57.3 Å². The Morgan fingerprint density at radius 2 is 1.86 bits per heavy atom. The molecule has 28 heavy (non-hydrogen) atoms. The Morgan fingerprint density at radius 3 is 2.50 bits per heavy atom. The van der Waals surface area contributed by atoms with E-state index in [-0.39, 0.29) is 12.2 Å². The Bertz CT molecular complexity index is 674. The minimum absolute atomic E-state index is 0.231. The van der Waals surface area contributed by atoms with Gasteiger partial charge in [-0.25, -0.2) is 0 Å². The van der Waals surface area contributed by atoms with Gasteiger partial charge >= 0.3 is 12.0 Å². The summed E-state index contributed by atoms with van der Waals surface area (Å²) in [5.74, 6) is -1.00. The standard InChI is InChI=1S/C19H25Cl3O5Si/c1-2-3-12-26-16-10-8-15(9-11-18(23)24)14-17(16)27-19(25)7-5-4-6-13-28(20,21)22/h8-11,14H,2-7,12-13H2,1H3,(H,23,24)/p-1/b11-9+. The summed E-state index contributed by atoms with van der Waals surface area (Å²) in [4.78, 5) is 22.7. The molecule has 0 aliphatic carbocycles. The van der Waals surface area contributed by atoms with Gasteiger partial charge in [-0.1, -0.05) is 38.3 Å². The van der Waals surface area contributed by atoms with Crippen LogP contribution in [0.15, 0.2) is 24.3 Å². The van der Waals surface area contributed by atoms with E-state index in [0.717, 1.165) is 31.8 Å². The van der Waals surface area contributed by atoms with Crippen LogP contribution in [0, 0.1) is 0 Å². The Morgan fingerprint density at radius 1 is 1.11 bits per heavy atom. The van der Waals surface area contributed by atoms with Gasteiger partial charge in [-0.15, -0.1) is 33.2 Å². The summed E-state index contributed by atoms with van der Waals surface area (Å²) in [6.07, 6.45) is 6.49. The van der Waals surface area contributed by atoms with Crippen molar-refractivity contribution in [1.82, 2.24) is 0 Å². The van der Waals surface area contributed by atoms with E-state index in [1.807, 2.05) is 6.92 Å². The number of carboxylic acids is 1. The second-order valence-corrected chi connectivity index (χ2v) is 15.5. The molecule has 0 unspecified atom stereocenters. The van der Waals surface area contributed by atoms with Gasteiger partial charge in [0.1, 0.15) is 0 Å². The molecular formula is C19H24Cl3O5Si-. The van der Waals surface area contributed by atoms with Crippen LogP contribution in [0.1, 0.15) is 51.0 Å². The van der Waals surface area contributed by atoms with Crippen LogP contribution >= 0.6 is 33.2 Å². The number of halogens is 3. The highest BCUT2D eigenvalue weighted by Gasteiger charge is 2.23. The zero-order valence-corrected chi connectivity index (χ0v) is 19.0. The maximum atomic E-state index is 12.2. The molecule has 0 aliphatic heterocycles. The number of ether oxygens (including phenoxy) is 2. The summed E-state index contributed by atoms with van der Waals surface area (Å²) in [5.41, 5.74) is 0.558. The smallest absolute Gasteiger partial charge is 0.341 e. The maximum absolute atomic E-state index is 12.2. The number of aliphatic carboxylic acids is 1. The molecule has 1 rings (SSSR count). The van der Waals surface area contributed by atoms with Crippen molar-refractivity contribution in [2.24, 2.45) is 0 Å². The highest BCUT2D eigenvalue weighted by atomic mass is 35.8. The van der Waals surface area contributed by atoms with Gasteiger partial charge in [-0.3, -0.25) is 4.79 Å². The molecule has 0 amide bonds. The summed E-state index contributed by atoms with van der Waals surface area (Å²) in [7, 11) is 0. The molecule has 0 saturated heterocycles. The van der Waals surface area contributed by atoms with E-state index < -0.39 is 17.9 Å². The predicted octanol–water partition coefficient (Wildman–Crippen LogP) is 4.75. The maximum Gasteiger partial charge on any atom is 0.341 e. The molecule has 1 aromatic carbocycles. The molecule has 0 N–H and O–H groups in total. The lowest BCUT2D eigenvalue weighted by Gasteiger charge is -2.12. The SMILES string of the molecule is CCCCOc1ccc(/C=C/C(=O)[O-])cc1OC(=O)CCCCC[Si](Cl)(Cl)Cl. The third kappa shape index (κ3) is 11.6. The molecule has 0 bridgehead atoms. The summed E-state index contributed by atoms with van der Waals surface area (Å²) < 4.78 is 11.1. The minimum atomic E-state index is -2.61. The zero-order valence-electron chi connectivity index (χ0n) is 15.7. The van der Waals surface area contributed by atoms with E-state index in [2.05, 4.69) is 0 Å². The van der Waals surface area contributed by atoms with Crippen LogP contribution in [0.5, 0.6) is 11.5 Å². The van der Waals surface area contributed by atoms with Gasteiger partial charge in [0.25, 0.3) is 0 Å². The van der Waals surface area contributed by atoms with E-state index in [1.54, 1.807) is 18.2 Å². The minimum Gasteiger partial charge on any atom is -0.545 e. The van der Waals surface area contributed by atoms with Crippen molar-refractivity contribution in [1.29, 1.82) is 0 Å². The van der Waals surface area contributed by atoms with E-state index in [9.17, 15) is 14.7 Å². The lowest BCUT2D eigenvalue weighted by Crippen LogP contribution is -2.18. The van der Waals surface area contributed by atoms with Crippen LogP contribution < -0.4 is 14.6 Å². The van der Waals surface area contributed by atoms with Gasteiger partial charge in [0.15, 0.2) is 11.5 Å². The second-order valence-electron chi connectivity index (χ2n) is 6.21. The molecule has 0 fully saturated rings. The number of carboxylic acid groups (broad SMARTS) is 1. The number of benzene rings is 1. The molecule has 0 spiro atoms. The number of carbonyl (C=O) groups is 2. The molecule has 5 nitrogen and oxygen atoms in total. The summed E-state index contributed by atoms with van der Waals surface area (Å²) in [6.45, 7) is 2.54. The molecular weight excluding hydrogens is 443 g/mol. The first-order valence-electron chi connectivity index (χ1n) is 9.14. The van der Waals surface area contributed by atoms with Crippen LogP contribution in [0.4, 0.5) is 0 Å². The third-order valence-electron chi connectivity index (χ3n) is 3.70. The van der Waals surface area contributed by atoms with Gasteiger partial charge in [0, 0.05) is 6.42 Å². The van der Waals surface area contributed by atoms with Crippen LogP contribution in [0.25, 0.3) is 6.08 Å². The number of unbranched alkanes of at least 4 members (excludes halogenated alkanes) is 3. The largest absolute Gasteiger partial charge is 0.545 e.